The van der Waals surface area contributed by atoms with E-state index in [-0.39, 0.29) is 41.3 Å². The molecule has 4 rings (SSSR count). The summed E-state index contributed by atoms with van der Waals surface area (Å²) in [5, 5.41) is 8.69. The number of ether oxygens (including phenoxy) is 1. The molecule has 3 aromatic rings. The van der Waals surface area contributed by atoms with Crippen LogP contribution in [0, 0.1) is 5.82 Å². The third-order valence-corrected chi connectivity index (χ3v) is 6.73. The lowest BCUT2D eigenvalue weighted by atomic mass is 10.0. The summed E-state index contributed by atoms with van der Waals surface area (Å²) < 4.78 is 62.3. The zero-order chi connectivity index (χ0) is 30.1. The van der Waals surface area contributed by atoms with Crippen molar-refractivity contribution in [2.24, 2.45) is 5.73 Å². The second-order valence-electron chi connectivity index (χ2n) is 11.0. The maximum atomic E-state index is 13.8. The number of benzene rings is 1. The number of aromatic nitrogens is 4. The van der Waals surface area contributed by atoms with E-state index in [9.17, 15) is 27.2 Å². The first-order valence-corrected chi connectivity index (χ1v) is 13.2. The first-order chi connectivity index (χ1) is 19.1. The van der Waals surface area contributed by atoms with Gasteiger partial charge in [0.05, 0.1) is 24.3 Å². The molecule has 1 aliphatic rings. The number of rotatable bonds is 5. The van der Waals surface area contributed by atoms with E-state index in [4.69, 9.17) is 16.2 Å². The van der Waals surface area contributed by atoms with Crippen molar-refractivity contribution in [3.63, 3.8) is 0 Å². The van der Waals surface area contributed by atoms with E-state index >= 15 is 0 Å². The van der Waals surface area contributed by atoms with Gasteiger partial charge >= 0.3 is 12.3 Å². The minimum atomic E-state index is -4.67. The minimum absolute atomic E-state index is 0.0243. The maximum absolute atomic E-state index is 13.8. The predicted molar refractivity (Wildman–Crippen MR) is 142 cm³/mol. The van der Waals surface area contributed by atoms with Gasteiger partial charge in [0.1, 0.15) is 28.5 Å². The van der Waals surface area contributed by atoms with Gasteiger partial charge in [-0.2, -0.15) is 23.4 Å². The van der Waals surface area contributed by atoms with Crippen LogP contribution < -0.4 is 11.5 Å². The van der Waals surface area contributed by atoms with Gasteiger partial charge in [-0.15, -0.1) is 0 Å². The van der Waals surface area contributed by atoms with E-state index in [0.717, 1.165) is 12.1 Å². The molecule has 0 saturated carbocycles. The second kappa shape index (κ2) is 11.4. The first kappa shape index (κ1) is 29.9. The number of nitrogens with two attached hydrogens (primary N) is 2. The topological polar surface area (TPSA) is 134 Å². The average Bonchev–Trinajstić information content (AvgIpc) is 3.41. The Kier molecular flexibility index (Phi) is 8.31. The molecule has 0 unspecified atom stereocenters. The number of amides is 2. The van der Waals surface area contributed by atoms with Gasteiger partial charge < -0.3 is 21.1 Å². The molecule has 2 aromatic heterocycles. The smallest absolute Gasteiger partial charge is 0.416 e. The van der Waals surface area contributed by atoms with E-state index in [2.05, 4.69) is 10.2 Å². The molecule has 0 bridgehead atoms. The summed E-state index contributed by atoms with van der Waals surface area (Å²) in [6.45, 7) is 6.02. The fourth-order valence-electron chi connectivity index (χ4n) is 4.93. The number of alkyl halides is 3. The average molecular weight is 580 g/mol. The van der Waals surface area contributed by atoms with Crippen LogP contribution in [0.1, 0.15) is 74.0 Å². The van der Waals surface area contributed by atoms with Crippen LogP contribution in [0.2, 0.25) is 0 Å². The van der Waals surface area contributed by atoms with Crippen LogP contribution in [0.25, 0.3) is 11.3 Å². The number of primary amides is 1. The lowest BCUT2D eigenvalue weighted by Crippen LogP contribution is -2.39. The fourth-order valence-corrected chi connectivity index (χ4v) is 4.93. The Hall–Kier alpha value is -4.10. The van der Waals surface area contributed by atoms with Crippen LogP contribution in [-0.4, -0.2) is 55.2 Å². The van der Waals surface area contributed by atoms with Crippen molar-refractivity contribution in [2.75, 3.05) is 18.8 Å². The summed E-state index contributed by atoms with van der Waals surface area (Å²) in [6.07, 6.45) is 0.194. The Morgan fingerprint density at radius 3 is 2.37 bits per heavy atom. The Labute approximate surface area is 234 Å². The van der Waals surface area contributed by atoms with Gasteiger partial charge in [-0.1, -0.05) is 0 Å². The number of carbonyl (C=O) groups excluding carboxylic acids is 2. The highest BCUT2D eigenvalue weighted by Gasteiger charge is 2.34. The number of halogens is 4. The third kappa shape index (κ3) is 6.98. The molecule has 1 aromatic carbocycles. The molecule has 14 heteroatoms. The molecule has 2 amide bonds. The zero-order valence-electron chi connectivity index (χ0n) is 23.0. The summed E-state index contributed by atoms with van der Waals surface area (Å²) in [5.41, 5.74) is 10.5. The molecule has 0 aliphatic carbocycles. The van der Waals surface area contributed by atoms with Crippen LogP contribution in [0.5, 0.6) is 0 Å². The van der Waals surface area contributed by atoms with Crippen molar-refractivity contribution in [1.29, 1.82) is 0 Å². The van der Waals surface area contributed by atoms with Crippen LogP contribution in [0.15, 0.2) is 30.6 Å². The summed E-state index contributed by atoms with van der Waals surface area (Å²) in [5.74, 6) is -1.56. The minimum Gasteiger partial charge on any atom is -0.444 e. The highest BCUT2D eigenvalue weighted by atomic mass is 19.4. The molecule has 222 valence electrons. The molecule has 1 aliphatic heterocycles. The maximum Gasteiger partial charge on any atom is 0.416 e. The SMILES string of the molecule is CC(C)(C)OC(=O)N1CCCC(n2nc(-c3cnn(Cc4cc(F)ccc4C(F)(F)F)c3)c(C(N)=O)c2N)CCC1. The number of likely N-dealkylation sites (tertiary alicyclic amines) is 1. The molecule has 0 radical (unpaired) electrons. The van der Waals surface area contributed by atoms with Gasteiger partial charge in [0.25, 0.3) is 5.91 Å². The molecular weight excluding hydrogens is 546 g/mol. The second-order valence-corrected chi connectivity index (χ2v) is 11.0. The van der Waals surface area contributed by atoms with Crippen molar-refractivity contribution in [1.82, 2.24) is 24.5 Å². The predicted octanol–water partition coefficient (Wildman–Crippen LogP) is 4.99. The Morgan fingerprint density at radius 1 is 1.12 bits per heavy atom. The molecule has 0 spiro atoms. The number of hydrogen-bond donors (Lipinski definition) is 2. The Balaban J connectivity index is 1.56. The van der Waals surface area contributed by atoms with Crippen molar-refractivity contribution >= 4 is 17.8 Å². The van der Waals surface area contributed by atoms with E-state index in [1.165, 1.54) is 17.1 Å². The summed E-state index contributed by atoms with van der Waals surface area (Å²) >= 11 is 0. The van der Waals surface area contributed by atoms with Gasteiger partial charge in [0, 0.05) is 24.8 Å². The van der Waals surface area contributed by atoms with Crippen LogP contribution in [-0.2, 0) is 17.5 Å². The first-order valence-electron chi connectivity index (χ1n) is 13.2. The Morgan fingerprint density at radius 2 is 1.78 bits per heavy atom. The summed E-state index contributed by atoms with van der Waals surface area (Å²) in [4.78, 5) is 26.6. The van der Waals surface area contributed by atoms with Gasteiger partial charge in [-0.25, -0.2) is 13.9 Å². The number of hydrogen-bond acceptors (Lipinski definition) is 6. The molecule has 0 atom stereocenters. The largest absolute Gasteiger partial charge is 0.444 e. The van der Waals surface area contributed by atoms with Gasteiger partial charge in [0.15, 0.2) is 0 Å². The Bertz CT molecular complexity index is 1420. The molecule has 1 fully saturated rings. The van der Waals surface area contributed by atoms with Gasteiger partial charge in [-0.3, -0.25) is 9.48 Å². The highest BCUT2D eigenvalue weighted by molar-refractivity contribution is 6.03. The zero-order valence-corrected chi connectivity index (χ0v) is 23.0. The lowest BCUT2D eigenvalue weighted by molar-refractivity contribution is -0.138. The van der Waals surface area contributed by atoms with Crippen LogP contribution in [0.3, 0.4) is 0 Å². The van der Waals surface area contributed by atoms with Crippen molar-refractivity contribution in [2.45, 2.75) is 70.8 Å². The molecule has 10 nitrogen and oxygen atoms in total. The van der Waals surface area contributed by atoms with Crippen molar-refractivity contribution < 1.29 is 31.9 Å². The summed E-state index contributed by atoms with van der Waals surface area (Å²) in [7, 11) is 0. The van der Waals surface area contributed by atoms with E-state index in [1.54, 1.807) is 9.58 Å². The quantitative estimate of drug-likeness (QED) is 0.409. The molecule has 1 saturated heterocycles. The van der Waals surface area contributed by atoms with E-state index in [1.807, 2.05) is 20.8 Å². The molecular formula is C27H33F4N7O3. The van der Waals surface area contributed by atoms with Crippen molar-refractivity contribution in [3.8, 4) is 11.3 Å². The van der Waals surface area contributed by atoms with E-state index in [0.29, 0.717) is 50.4 Å². The number of nitrogens with zero attached hydrogens (tertiary/aromatic N) is 5. The van der Waals surface area contributed by atoms with Gasteiger partial charge in [-0.05, 0) is 70.2 Å². The number of nitrogen functional groups attached to an aromatic ring is 1. The normalized spacial score (nSPS) is 15.4. The van der Waals surface area contributed by atoms with Gasteiger partial charge in [0.2, 0.25) is 0 Å². The lowest BCUT2D eigenvalue weighted by Gasteiger charge is -2.30. The molecule has 41 heavy (non-hydrogen) atoms. The number of carbonyl (C=O) groups is 2. The molecule has 4 N–H and O–H groups in total. The van der Waals surface area contributed by atoms with Crippen molar-refractivity contribution in [3.05, 3.63) is 53.1 Å². The van der Waals surface area contributed by atoms with Crippen LogP contribution in [0.4, 0.5) is 28.2 Å². The fraction of sp³-hybridized carbons (Fsp3) is 0.481. The molecule has 3 heterocycles. The summed E-state index contributed by atoms with van der Waals surface area (Å²) in [6, 6.07) is 2.06. The van der Waals surface area contributed by atoms with E-state index < -0.39 is 29.1 Å². The standard InChI is InChI=1S/C27H33F4N7O3/c1-26(2,3)41-25(40)36-10-4-6-19(7-5-11-36)38-23(32)21(24(33)39)22(35-38)17-13-34-37(15-17)14-16-12-18(28)8-9-20(16)27(29,30)31/h8-9,12-13,15,19H,4-7,10-11,14,32H2,1-3H3,(H2,33,39). The monoisotopic (exact) mass is 579 g/mol. The third-order valence-electron chi connectivity index (χ3n) is 6.73. The van der Waals surface area contributed by atoms with Crippen LogP contribution >= 0.6 is 0 Å². The highest BCUT2D eigenvalue weighted by Crippen LogP contribution is 2.35. The number of anilines is 1.